The average molecular weight is 567 g/mol. The molecule has 1 heterocycles. The van der Waals surface area contributed by atoms with Crippen LogP contribution in [-0.4, -0.2) is 55.3 Å². The Hall–Kier alpha value is -4.02. The van der Waals surface area contributed by atoms with Crippen molar-refractivity contribution < 1.29 is 23.7 Å². The van der Waals surface area contributed by atoms with Crippen molar-refractivity contribution in [1.29, 1.82) is 0 Å². The molecule has 39 heavy (non-hydrogen) atoms. The van der Waals surface area contributed by atoms with Crippen molar-refractivity contribution in [2.24, 2.45) is 0 Å². The third-order valence-electron chi connectivity index (χ3n) is 5.75. The monoisotopic (exact) mass is 566 g/mol. The first-order chi connectivity index (χ1) is 19.0. The molecular formula is C28H27ClN4O5S. The van der Waals surface area contributed by atoms with Crippen molar-refractivity contribution in [3.05, 3.63) is 71.2 Å². The molecule has 1 aromatic heterocycles. The van der Waals surface area contributed by atoms with Gasteiger partial charge in [-0.15, -0.1) is 10.2 Å². The molecule has 0 radical (unpaired) electrons. The summed E-state index contributed by atoms with van der Waals surface area (Å²) in [6.45, 7) is 0.327. The van der Waals surface area contributed by atoms with Gasteiger partial charge in [-0.25, -0.2) is 4.98 Å². The van der Waals surface area contributed by atoms with E-state index in [0.717, 1.165) is 16.7 Å². The van der Waals surface area contributed by atoms with Crippen LogP contribution in [0.5, 0.6) is 23.0 Å². The van der Waals surface area contributed by atoms with E-state index in [1.165, 1.54) is 11.8 Å². The van der Waals surface area contributed by atoms with E-state index in [1.807, 2.05) is 42.5 Å². The molecule has 4 aromatic rings. The number of ether oxygens (including phenoxy) is 4. The first-order valence-corrected chi connectivity index (χ1v) is 13.2. The molecule has 0 bridgehead atoms. The van der Waals surface area contributed by atoms with Crippen LogP contribution in [-0.2, 0) is 11.3 Å². The number of carbonyl (C=O) groups excluding carboxylic acids is 1. The van der Waals surface area contributed by atoms with Gasteiger partial charge >= 0.3 is 0 Å². The van der Waals surface area contributed by atoms with Crippen LogP contribution in [0.15, 0.2) is 65.8 Å². The van der Waals surface area contributed by atoms with Gasteiger partial charge in [0.25, 0.3) is 0 Å². The number of nitrogens with one attached hydrogen (secondary N) is 1. The molecule has 11 heteroatoms. The number of hydrogen-bond acceptors (Lipinski definition) is 9. The molecule has 3 aromatic carbocycles. The molecule has 0 atom stereocenters. The number of carbonyl (C=O) groups is 1. The highest BCUT2D eigenvalue weighted by Gasteiger charge is 2.18. The predicted molar refractivity (Wildman–Crippen MR) is 151 cm³/mol. The van der Waals surface area contributed by atoms with Crippen molar-refractivity contribution in [2.45, 2.75) is 11.7 Å². The lowest BCUT2D eigenvalue weighted by Crippen LogP contribution is -2.24. The molecule has 0 aliphatic rings. The fraction of sp³-hybridized carbons (Fsp3) is 0.214. The average Bonchev–Trinajstić information content (AvgIpc) is 2.98. The summed E-state index contributed by atoms with van der Waals surface area (Å²) in [5.74, 6) is 2.18. The van der Waals surface area contributed by atoms with Gasteiger partial charge in [-0.1, -0.05) is 41.6 Å². The number of amides is 1. The summed E-state index contributed by atoms with van der Waals surface area (Å²) in [6.07, 6.45) is 0. The summed E-state index contributed by atoms with van der Waals surface area (Å²) < 4.78 is 21.7. The minimum atomic E-state index is -0.180. The largest absolute Gasteiger partial charge is 0.493 e. The van der Waals surface area contributed by atoms with E-state index in [4.69, 9.17) is 35.5 Å². The normalized spacial score (nSPS) is 10.6. The first-order valence-electron chi connectivity index (χ1n) is 11.8. The molecule has 0 fully saturated rings. The fourth-order valence-corrected chi connectivity index (χ4v) is 4.57. The van der Waals surface area contributed by atoms with Crippen LogP contribution in [0.4, 0.5) is 0 Å². The number of thioether (sulfide) groups is 1. The smallest absolute Gasteiger partial charge is 0.230 e. The maximum Gasteiger partial charge on any atom is 0.230 e. The fourth-order valence-electron chi connectivity index (χ4n) is 3.75. The Labute approximate surface area is 235 Å². The summed E-state index contributed by atoms with van der Waals surface area (Å²) in [4.78, 5) is 17.3. The summed E-state index contributed by atoms with van der Waals surface area (Å²) >= 11 is 7.36. The second-order valence-corrected chi connectivity index (χ2v) is 9.44. The second-order valence-electron chi connectivity index (χ2n) is 8.09. The van der Waals surface area contributed by atoms with E-state index in [9.17, 15) is 4.79 Å². The van der Waals surface area contributed by atoms with Crippen LogP contribution in [0.25, 0.3) is 22.5 Å². The Balaban J connectivity index is 1.63. The molecule has 4 rings (SSSR count). The Kier molecular flexibility index (Phi) is 9.45. The minimum Gasteiger partial charge on any atom is -0.493 e. The van der Waals surface area contributed by atoms with Crippen molar-refractivity contribution in [3.63, 3.8) is 0 Å². The molecule has 1 amide bonds. The maximum atomic E-state index is 12.5. The van der Waals surface area contributed by atoms with Crippen LogP contribution >= 0.6 is 23.4 Å². The van der Waals surface area contributed by atoms with E-state index in [1.54, 1.807) is 46.6 Å². The Morgan fingerprint density at radius 1 is 0.795 bits per heavy atom. The number of hydrogen-bond donors (Lipinski definition) is 1. The lowest BCUT2D eigenvalue weighted by molar-refractivity contribution is -0.118. The third kappa shape index (κ3) is 6.71. The zero-order chi connectivity index (χ0) is 27.8. The zero-order valence-electron chi connectivity index (χ0n) is 21.9. The Bertz CT molecular complexity index is 1470. The van der Waals surface area contributed by atoms with E-state index in [0.29, 0.717) is 51.1 Å². The highest BCUT2D eigenvalue weighted by molar-refractivity contribution is 7.99. The van der Waals surface area contributed by atoms with Crippen molar-refractivity contribution in [3.8, 4) is 45.5 Å². The lowest BCUT2D eigenvalue weighted by atomic mass is 10.0. The van der Waals surface area contributed by atoms with Gasteiger partial charge in [0, 0.05) is 22.7 Å². The Morgan fingerprint density at radius 3 is 1.97 bits per heavy atom. The summed E-state index contributed by atoms with van der Waals surface area (Å²) in [7, 11) is 6.28. The van der Waals surface area contributed by atoms with E-state index < -0.39 is 0 Å². The van der Waals surface area contributed by atoms with Gasteiger partial charge in [0.15, 0.2) is 23.0 Å². The molecule has 0 aliphatic carbocycles. The van der Waals surface area contributed by atoms with E-state index >= 15 is 0 Å². The summed E-state index contributed by atoms with van der Waals surface area (Å²) in [5, 5.41) is 12.6. The predicted octanol–water partition coefficient (Wildman–Crippen LogP) is 5.30. The van der Waals surface area contributed by atoms with E-state index in [-0.39, 0.29) is 11.7 Å². The highest BCUT2D eigenvalue weighted by atomic mass is 35.5. The number of halogens is 1. The first kappa shape index (κ1) is 28.0. The van der Waals surface area contributed by atoms with Gasteiger partial charge < -0.3 is 24.3 Å². The van der Waals surface area contributed by atoms with Gasteiger partial charge in [0.05, 0.1) is 34.2 Å². The van der Waals surface area contributed by atoms with Crippen LogP contribution in [0, 0.1) is 0 Å². The zero-order valence-corrected chi connectivity index (χ0v) is 23.4. The van der Waals surface area contributed by atoms with Gasteiger partial charge in [0.1, 0.15) is 11.4 Å². The number of rotatable bonds is 11. The van der Waals surface area contributed by atoms with Crippen molar-refractivity contribution in [2.75, 3.05) is 34.2 Å². The van der Waals surface area contributed by atoms with Crippen LogP contribution < -0.4 is 24.3 Å². The van der Waals surface area contributed by atoms with Crippen LogP contribution in [0.1, 0.15) is 5.56 Å². The molecule has 202 valence electrons. The molecule has 0 saturated carbocycles. The second kappa shape index (κ2) is 13.2. The third-order valence-corrected chi connectivity index (χ3v) is 6.95. The lowest BCUT2D eigenvalue weighted by Gasteiger charge is -2.14. The SMILES string of the molecule is COc1ccc(-c2nnc(SCC(=O)NCc3ccccc3Cl)nc2-c2ccc(OC)c(OC)c2)cc1OC. The highest BCUT2D eigenvalue weighted by Crippen LogP contribution is 2.38. The molecular weight excluding hydrogens is 540 g/mol. The molecule has 0 saturated heterocycles. The number of aromatic nitrogens is 3. The molecule has 0 unspecified atom stereocenters. The molecule has 9 nitrogen and oxygen atoms in total. The van der Waals surface area contributed by atoms with E-state index in [2.05, 4.69) is 15.5 Å². The molecule has 0 spiro atoms. The Morgan fingerprint density at radius 2 is 1.38 bits per heavy atom. The maximum absolute atomic E-state index is 12.5. The van der Waals surface area contributed by atoms with Crippen molar-refractivity contribution in [1.82, 2.24) is 20.5 Å². The minimum absolute atomic E-state index is 0.104. The van der Waals surface area contributed by atoms with Crippen LogP contribution in [0.2, 0.25) is 5.02 Å². The standard InChI is InChI=1S/C28H27ClN4O5S/c1-35-21-11-9-17(13-23(21)37-3)26-27(18-10-12-22(36-2)24(14-18)38-4)32-33-28(31-26)39-16-25(34)30-15-19-7-5-6-8-20(19)29/h5-14H,15-16H2,1-4H3,(H,30,34). The topological polar surface area (TPSA) is 105 Å². The summed E-state index contributed by atoms with van der Waals surface area (Å²) in [6, 6.07) is 18.3. The summed E-state index contributed by atoms with van der Waals surface area (Å²) in [5.41, 5.74) is 3.38. The number of nitrogens with zero attached hydrogens (tertiary/aromatic N) is 3. The quantitative estimate of drug-likeness (QED) is 0.242. The van der Waals surface area contributed by atoms with Gasteiger partial charge in [-0.2, -0.15) is 0 Å². The van der Waals surface area contributed by atoms with Crippen LogP contribution in [0.3, 0.4) is 0 Å². The molecule has 1 N–H and O–H groups in total. The van der Waals surface area contributed by atoms with Gasteiger partial charge in [-0.05, 0) is 48.0 Å². The molecule has 0 aliphatic heterocycles. The van der Waals surface area contributed by atoms with Gasteiger partial charge in [-0.3, -0.25) is 4.79 Å². The van der Waals surface area contributed by atoms with Gasteiger partial charge in [0.2, 0.25) is 11.1 Å². The number of methoxy groups -OCH3 is 4. The van der Waals surface area contributed by atoms with Crippen molar-refractivity contribution >= 4 is 29.3 Å². The number of benzene rings is 3.